The van der Waals surface area contributed by atoms with Crippen molar-refractivity contribution in [3.8, 4) is 6.07 Å². The van der Waals surface area contributed by atoms with Gasteiger partial charge in [0.15, 0.2) is 0 Å². The maximum absolute atomic E-state index is 12.3. The van der Waals surface area contributed by atoms with Crippen molar-refractivity contribution in [3.63, 3.8) is 0 Å². The Kier molecular flexibility index (Phi) is 5.13. The van der Waals surface area contributed by atoms with E-state index >= 15 is 0 Å². The lowest BCUT2D eigenvalue weighted by Gasteiger charge is -2.19. The van der Waals surface area contributed by atoms with Gasteiger partial charge in [-0.3, -0.25) is 19.3 Å². The van der Waals surface area contributed by atoms with E-state index < -0.39 is 5.97 Å². The lowest BCUT2D eigenvalue weighted by atomic mass is 9.81. The Hall–Kier alpha value is -2.68. The van der Waals surface area contributed by atoms with Crippen LogP contribution in [0.4, 0.5) is 0 Å². The summed E-state index contributed by atoms with van der Waals surface area (Å²) < 4.78 is 5.18. The molecule has 25 heavy (non-hydrogen) atoms. The Balaban J connectivity index is 1.52. The first kappa shape index (κ1) is 17.2. The summed E-state index contributed by atoms with van der Waals surface area (Å²) in [6.07, 6.45) is 3.47. The first-order chi connectivity index (χ1) is 12.1. The van der Waals surface area contributed by atoms with E-state index in [1.807, 2.05) is 6.07 Å². The number of esters is 1. The summed E-state index contributed by atoms with van der Waals surface area (Å²) in [6, 6.07) is 8.95. The first-order valence-corrected chi connectivity index (χ1v) is 8.60. The fourth-order valence-corrected chi connectivity index (χ4v) is 3.64. The molecule has 2 fully saturated rings. The van der Waals surface area contributed by atoms with Crippen LogP contribution in [0.3, 0.4) is 0 Å². The third-order valence-electron chi connectivity index (χ3n) is 5.00. The van der Waals surface area contributed by atoms with Crippen molar-refractivity contribution in [1.82, 2.24) is 4.90 Å². The minimum absolute atomic E-state index is 0.00963. The van der Waals surface area contributed by atoms with Gasteiger partial charge in [0.05, 0.1) is 29.9 Å². The number of carbonyl (C=O) groups is 3. The molecule has 1 saturated heterocycles. The molecule has 0 spiro atoms. The molecule has 1 aliphatic heterocycles. The molecule has 6 nitrogen and oxygen atoms in total. The third kappa shape index (κ3) is 3.55. The van der Waals surface area contributed by atoms with Crippen LogP contribution in [0.5, 0.6) is 0 Å². The van der Waals surface area contributed by atoms with E-state index in [4.69, 9.17) is 10.00 Å². The van der Waals surface area contributed by atoms with Crippen molar-refractivity contribution in [2.24, 2.45) is 11.8 Å². The SMILES string of the molecule is N#Cc1ccccc1COC(=O)CCN1C(=O)[C@H]2CCCC[C@H]2C1=O. The number of nitriles is 1. The fraction of sp³-hybridized carbons (Fsp3) is 0.474. The largest absolute Gasteiger partial charge is 0.461 e. The zero-order chi connectivity index (χ0) is 17.8. The predicted molar refractivity (Wildman–Crippen MR) is 87.7 cm³/mol. The van der Waals surface area contributed by atoms with Crippen molar-refractivity contribution >= 4 is 17.8 Å². The number of hydrogen-bond donors (Lipinski definition) is 0. The first-order valence-electron chi connectivity index (χ1n) is 8.60. The molecule has 0 aromatic heterocycles. The number of nitrogens with zero attached hydrogens (tertiary/aromatic N) is 2. The third-order valence-corrected chi connectivity index (χ3v) is 5.00. The van der Waals surface area contributed by atoms with E-state index in [9.17, 15) is 14.4 Å². The van der Waals surface area contributed by atoms with Gasteiger partial charge in [0.1, 0.15) is 6.61 Å². The predicted octanol–water partition coefficient (Wildman–Crippen LogP) is 2.17. The summed E-state index contributed by atoms with van der Waals surface area (Å²) in [6.45, 7) is 0.0824. The number of hydrogen-bond acceptors (Lipinski definition) is 5. The molecule has 1 aromatic rings. The molecule has 2 amide bonds. The fourth-order valence-electron chi connectivity index (χ4n) is 3.64. The van der Waals surface area contributed by atoms with Gasteiger partial charge in [-0.2, -0.15) is 5.26 Å². The van der Waals surface area contributed by atoms with Crippen LogP contribution in [-0.2, 0) is 25.7 Å². The van der Waals surface area contributed by atoms with Crippen molar-refractivity contribution in [1.29, 1.82) is 5.26 Å². The Morgan fingerprint density at radius 2 is 1.80 bits per heavy atom. The molecular weight excluding hydrogens is 320 g/mol. The molecule has 2 aliphatic rings. The molecule has 1 saturated carbocycles. The highest BCUT2D eigenvalue weighted by Crippen LogP contribution is 2.37. The van der Waals surface area contributed by atoms with Gasteiger partial charge in [-0.05, 0) is 18.9 Å². The highest BCUT2D eigenvalue weighted by Gasteiger charge is 2.47. The number of amides is 2. The minimum atomic E-state index is -0.483. The van der Waals surface area contributed by atoms with Crippen LogP contribution < -0.4 is 0 Å². The van der Waals surface area contributed by atoms with Gasteiger partial charge in [0.25, 0.3) is 0 Å². The minimum Gasteiger partial charge on any atom is -0.461 e. The zero-order valence-corrected chi connectivity index (χ0v) is 13.9. The van der Waals surface area contributed by atoms with Crippen LogP contribution in [0.15, 0.2) is 24.3 Å². The molecular formula is C19H20N2O4. The number of ether oxygens (including phenoxy) is 1. The summed E-state index contributed by atoms with van der Waals surface area (Å²) in [5, 5.41) is 9.02. The van der Waals surface area contributed by atoms with E-state index in [-0.39, 0.29) is 43.2 Å². The van der Waals surface area contributed by atoms with E-state index in [1.54, 1.807) is 24.3 Å². The average Bonchev–Trinajstić information content (AvgIpc) is 2.89. The van der Waals surface area contributed by atoms with Gasteiger partial charge < -0.3 is 4.74 Å². The lowest BCUT2D eigenvalue weighted by molar-refractivity contribution is -0.146. The normalized spacial score (nSPS) is 22.4. The molecule has 1 aliphatic carbocycles. The Morgan fingerprint density at radius 1 is 1.16 bits per heavy atom. The Bertz CT molecular complexity index is 713. The van der Waals surface area contributed by atoms with Gasteiger partial charge >= 0.3 is 5.97 Å². The second kappa shape index (κ2) is 7.47. The maximum Gasteiger partial charge on any atom is 0.307 e. The number of likely N-dealkylation sites (tertiary alicyclic amines) is 1. The Morgan fingerprint density at radius 3 is 2.44 bits per heavy atom. The van der Waals surface area contributed by atoms with Crippen LogP contribution in [0, 0.1) is 23.2 Å². The highest BCUT2D eigenvalue weighted by atomic mass is 16.5. The summed E-state index contributed by atoms with van der Waals surface area (Å²) in [4.78, 5) is 37.9. The van der Waals surface area contributed by atoms with E-state index in [0.29, 0.717) is 11.1 Å². The van der Waals surface area contributed by atoms with Crippen molar-refractivity contribution < 1.29 is 19.1 Å². The highest BCUT2D eigenvalue weighted by molar-refractivity contribution is 6.05. The van der Waals surface area contributed by atoms with Gasteiger partial charge in [-0.25, -0.2) is 0 Å². The summed E-state index contributed by atoms with van der Waals surface area (Å²) in [5.41, 5.74) is 1.10. The monoisotopic (exact) mass is 340 g/mol. The van der Waals surface area contributed by atoms with Crippen molar-refractivity contribution in [2.45, 2.75) is 38.7 Å². The molecule has 0 unspecified atom stereocenters. The van der Waals surface area contributed by atoms with Crippen LogP contribution in [0.1, 0.15) is 43.2 Å². The quantitative estimate of drug-likeness (QED) is 0.605. The molecule has 1 aromatic carbocycles. The maximum atomic E-state index is 12.3. The second-order valence-corrected chi connectivity index (χ2v) is 6.51. The van der Waals surface area contributed by atoms with Crippen LogP contribution in [0.25, 0.3) is 0 Å². The number of rotatable bonds is 5. The van der Waals surface area contributed by atoms with Crippen LogP contribution in [-0.4, -0.2) is 29.2 Å². The van der Waals surface area contributed by atoms with Gasteiger partial charge in [-0.15, -0.1) is 0 Å². The molecule has 3 rings (SSSR count). The van der Waals surface area contributed by atoms with Crippen molar-refractivity contribution in [3.05, 3.63) is 35.4 Å². The summed E-state index contributed by atoms with van der Waals surface area (Å²) in [7, 11) is 0. The molecule has 2 atom stereocenters. The molecule has 0 N–H and O–H groups in total. The molecule has 130 valence electrons. The molecule has 6 heteroatoms. The number of benzene rings is 1. The van der Waals surface area contributed by atoms with Crippen LogP contribution in [0.2, 0.25) is 0 Å². The molecule has 0 bridgehead atoms. The van der Waals surface area contributed by atoms with E-state index in [2.05, 4.69) is 0 Å². The smallest absolute Gasteiger partial charge is 0.307 e. The van der Waals surface area contributed by atoms with Crippen LogP contribution >= 0.6 is 0 Å². The Labute approximate surface area is 146 Å². The van der Waals surface area contributed by atoms with Gasteiger partial charge in [0.2, 0.25) is 11.8 Å². The van der Waals surface area contributed by atoms with Gasteiger partial charge in [0, 0.05) is 12.1 Å². The zero-order valence-electron chi connectivity index (χ0n) is 13.9. The van der Waals surface area contributed by atoms with E-state index in [1.165, 1.54) is 4.90 Å². The van der Waals surface area contributed by atoms with Gasteiger partial charge in [-0.1, -0.05) is 31.0 Å². The molecule has 1 heterocycles. The topological polar surface area (TPSA) is 87.5 Å². The average molecular weight is 340 g/mol. The van der Waals surface area contributed by atoms with Crippen molar-refractivity contribution in [2.75, 3.05) is 6.54 Å². The van der Waals surface area contributed by atoms with E-state index in [0.717, 1.165) is 25.7 Å². The lowest BCUT2D eigenvalue weighted by Crippen LogP contribution is -2.33. The number of fused-ring (bicyclic) bond motifs is 1. The summed E-state index contributed by atoms with van der Waals surface area (Å²) in [5.74, 6) is -1.16. The number of imide groups is 1. The second-order valence-electron chi connectivity index (χ2n) is 6.51. The standard InChI is InChI=1S/C19H20N2O4/c20-11-13-5-1-2-6-14(13)12-25-17(22)9-10-21-18(23)15-7-3-4-8-16(15)19(21)24/h1-2,5-6,15-16H,3-4,7-10,12H2/t15-,16+. The number of carbonyl (C=O) groups excluding carboxylic acids is 3. The molecule has 0 radical (unpaired) electrons. The summed E-state index contributed by atoms with van der Waals surface area (Å²) >= 11 is 0.